The molecule has 1 N–H and O–H groups in total. The first kappa shape index (κ1) is 24.0. The Morgan fingerprint density at radius 2 is 1.73 bits per heavy atom. The maximum atomic E-state index is 14.8. The molecule has 0 saturated carbocycles. The number of rotatable bonds is 5. The number of nitrogens with zero attached hydrogens (tertiary/aromatic N) is 2. The molecule has 0 aliphatic carbocycles. The molecule has 7 heteroatoms. The smallest absolute Gasteiger partial charge is 0.238 e. The molecule has 40 heavy (non-hydrogen) atoms. The Balaban J connectivity index is 1.54. The lowest BCUT2D eigenvalue weighted by atomic mass is 9.62. The minimum Gasteiger partial charge on any atom is -0.497 e. The Hall–Kier alpha value is -5.04. The van der Waals surface area contributed by atoms with Gasteiger partial charge in [0.25, 0.3) is 0 Å². The van der Waals surface area contributed by atoms with Crippen LogP contribution in [0.3, 0.4) is 0 Å². The van der Waals surface area contributed by atoms with Gasteiger partial charge in [-0.2, -0.15) is 0 Å². The van der Waals surface area contributed by atoms with Crippen LogP contribution in [0.25, 0.3) is 6.08 Å². The first-order chi connectivity index (χ1) is 19.6. The van der Waals surface area contributed by atoms with Crippen LogP contribution in [0.15, 0.2) is 103 Å². The number of Topliss-reactive ketones (excluding diaryl/α,β-unsaturated/α-hetero) is 2. The van der Waals surface area contributed by atoms with Crippen LogP contribution < -0.4 is 10.1 Å². The predicted octanol–water partition coefficient (Wildman–Crippen LogP) is 5.07. The average molecular weight is 528 g/mol. The van der Waals surface area contributed by atoms with Crippen molar-refractivity contribution in [2.75, 3.05) is 12.4 Å². The summed E-state index contributed by atoms with van der Waals surface area (Å²) in [7, 11) is 1.54. The molecule has 4 unspecified atom stereocenters. The van der Waals surface area contributed by atoms with Crippen molar-refractivity contribution in [3.63, 3.8) is 0 Å². The van der Waals surface area contributed by atoms with Crippen LogP contribution in [0.2, 0.25) is 0 Å². The van der Waals surface area contributed by atoms with E-state index >= 15 is 0 Å². The van der Waals surface area contributed by atoms with Gasteiger partial charge in [0.2, 0.25) is 11.7 Å². The van der Waals surface area contributed by atoms with E-state index in [1.807, 2.05) is 65.7 Å². The minimum absolute atomic E-state index is 0.241. The molecule has 7 nitrogen and oxygen atoms in total. The quantitative estimate of drug-likeness (QED) is 0.365. The number of benzene rings is 3. The standard InChI is InChI=1S/C33H25N3O4/c1-40-22-11-8-10-21(19-22)29(37)27-28(30(38)26-15-6-7-17-34-26)36-18-16-20-9-2-3-12-23(20)31(36)33(27)24-13-4-5-14-25(24)35-32(33)39/h2-19,27-28,31H,1H3,(H,35,39). The molecule has 1 aromatic heterocycles. The van der Waals surface area contributed by atoms with Crippen molar-refractivity contribution >= 4 is 29.2 Å². The second-order valence-electron chi connectivity index (χ2n) is 10.3. The van der Waals surface area contributed by atoms with Gasteiger partial charge in [0.05, 0.1) is 19.1 Å². The maximum Gasteiger partial charge on any atom is 0.238 e. The predicted molar refractivity (Wildman–Crippen MR) is 150 cm³/mol. The van der Waals surface area contributed by atoms with Gasteiger partial charge < -0.3 is 15.0 Å². The number of para-hydroxylation sites is 1. The van der Waals surface area contributed by atoms with Crippen LogP contribution in [0.1, 0.15) is 43.6 Å². The highest BCUT2D eigenvalue weighted by molar-refractivity contribution is 6.16. The normalized spacial score (nSPS) is 23.8. The molecular formula is C33H25N3O4. The van der Waals surface area contributed by atoms with Gasteiger partial charge in [-0.05, 0) is 53.1 Å². The third-order valence-electron chi connectivity index (χ3n) is 8.39. The summed E-state index contributed by atoms with van der Waals surface area (Å²) in [5.41, 5.74) is 2.41. The second kappa shape index (κ2) is 9.02. The van der Waals surface area contributed by atoms with Crippen LogP contribution in [0, 0.1) is 5.92 Å². The molecule has 0 radical (unpaired) electrons. The molecule has 3 aliphatic heterocycles. The summed E-state index contributed by atoms with van der Waals surface area (Å²) in [6.07, 6.45) is 5.36. The number of amides is 1. The number of carbonyl (C=O) groups excluding carboxylic acids is 3. The van der Waals surface area contributed by atoms with Crippen molar-refractivity contribution in [3.8, 4) is 5.75 Å². The SMILES string of the molecule is COc1cccc(C(=O)C2C(C(=O)c3ccccn3)N3C=Cc4ccccc4C3C23C(=O)Nc2ccccc23)c1. The number of aromatic nitrogens is 1. The van der Waals surface area contributed by atoms with Crippen molar-refractivity contribution in [1.29, 1.82) is 0 Å². The van der Waals surface area contributed by atoms with E-state index in [1.165, 1.54) is 7.11 Å². The van der Waals surface area contributed by atoms with Crippen LogP contribution >= 0.6 is 0 Å². The lowest BCUT2D eigenvalue weighted by Crippen LogP contribution is -2.49. The number of ketones is 2. The number of fused-ring (bicyclic) bond motifs is 6. The fraction of sp³-hybridized carbons (Fsp3) is 0.152. The minimum atomic E-state index is -1.38. The summed E-state index contributed by atoms with van der Waals surface area (Å²) in [5.74, 6) is -1.46. The van der Waals surface area contributed by atoms with Gasteiger partial charge >= 0.3 is 0 Å². The summed E-state index contributed by atoms with van der Waals surface area (Å²) in [6.45, 7) is 0. The first-order valence-electron chi connectivity index (χ1n) is 13.1. The van der Waals surface area contributed by atoms with E-state index in [0.717, 1.165) is 11.1 Å². The number of nitrogens with one attached hydrogen (secondary N) is 1. The fourth-order valence-electron chi connectivity index (χ4n) is 6.78. The molecule has 196 valence electrons. The highest BCUT2D eigenvalue weighted by Crippen LogP contribution is 2.62. The third-order valence-corrected chi connectivity index (χ3v) is 8.39. The molecule has 4 heterocycles. The maximum absolute atomic E-state index is 14.8. The van der Waals surface area contributed by atoms with E-state index in [-0.39, 0.29) is 23.2 Å². The number of ether oxygens (including phenoxy) is 1. The largest absolute Gasteiger partial charge is 0.497 e. The zero-order valence-corrected chi connectivity index (χ0v) is 21.7. The van der Waals surface area contributed by atoms with Crippen LogP contribution in [0.5, 0.6) is 5.75 Å². The molecule has 4 atom stereocenters. The number of methoxy groups -OCH3 is 1. The third kappa shape index (κ3) is 3.24. The van der Waals surface area contributed by atoms with Crippen LogP contribution in [-0.2, 0) is 10.2 Å². The molecule has 7 rings (SSSR count). The molecular weight excluding hydrogens is 502 g/mol. The summed E-state index contributed by atoms with van der Waals surface area (Å²) in [4.78, 5) is 49.8. The lowest BCUT2D eigenvalue weighted by Gasteiger charge is -2.38. The highest BCUT2D eigenvalue weighted by Gasteiger charge is 2.70. The fourth-order valence-corrected chi connectivity index (χ4v) is 6.78. The van der Waals surface area contributed by atoms with E-state index < -0.39 is 23.4 Å². The molecule has 3 aromatic carbocycles. The average Bonchev–Trinajstić information content (AvgIpc) is 3.49. The number of hydrogen-bond acceptors (Lipinski definition) is 6. The van der Waals surface area contributed by atoms with Crippen molar-refractivity contribution in [3.05, 3.63) is 131 Å². The van der Waals surface area contributed by atoms with E-state index in [2.05, 4.69) is 10.3 Å². The van der Waals surface area contributed by atoms with E-state index in [1.54, 1.807) is 48.7 Å². The number of carbonyl (C=O) groups is 3. The van der Waals surface area contributed by atoms with Gasteiger partial charge in [-0.1, -0.05) is 60.7 Å². The monoisotopic (exact) mass is 527 g/mol. The van der Waals surface area contributed by atoms with Crippen molar-refractivity contribution in [1.82, 2.24) is 9.88 Å². The molecule has 1 spiro atoms. The van der Waals surface area contributed by atoms with Gasteiger partial charge in [0, 0.05) is 23.6 Å². The van der Waals surface area contributed by atoms with Crippen molar-refractivity contribution in [2.24, 2.45) is 5.92 Å². The Kier molecular flexibility index (Phi) is 5.42. The van der Waals surface area contributed by atoms with Crippen LogP contribution in [-0.4, -0.2) is 40.5 Å². The molecule has 0 bridgehead atoms. The molecule has 1 saturated heterocycles. The summed E-state index contributed by atoms with van der Waals surface area (Å²) in [6, 6.07) is 25.7. The zero-order valence-electron chi connectivity index (χ0n) is 21.7. The number of pyridine rings is 1. The first-order valence-corrected chi connectivity index (χ1v) is 13.1. The van der Waals surface area contributed by atoms with E-state index in [4.69, 9.17) is 4.74 Å². The second-order valence-corrected chi connectivity index (χ2v) is 10.3. The zero-order chi connectivity index (χ0) is 27.4. The summed E-state index contributed by atoms with van der Waals surface area (Å²) >= 11 is 0. The molecule has 1 fully saturated rings. The topological polar surface area (TPSA) is 88.6 Å². The summed E-state index contributed by atoms with van der Waals surface area (Å²) < 4.78 is 5.42. The highest BCUT2D eigenvalue weighted by atomic mass is 16.5. The van der Waals surface area contributed by atoms with Crippen LogP contribution in [0.4, 0.5) is 5.69 Å². The van der Waals surface area contributed by atoms with E-state index in [0.29, 0.717) is 22.6 Å². The number of anilines is 1. The molecule has 3 aliphatic rings. The molecule has 1 amide bonds. The summed E-state index contributed by atoms with van der Waals surface area (Å²) in [5, 5.41) is 3.06. The van der Waals surface area contributed by atoms with Gasteiger partial charge in [0.1, 0.15) is 22.9 Å². The Bertz CT molecular complexity index is 1720. The van der Waals surface area contributed by atoms with Gasteiger partial charge in [-0.3, -0.25) is 19.4 Å². The Morgan fingerprint density at radius 3 is 2.55 bits per heavy atom. The van der Waals surface area contributed by atoms with Crippen molar-refractivity contribution < 1.29 is 19.1 Å². The van der Waals surface area contributed by atoms with Gasteiger partial charge in [-0.25, -0.2) is 0 Å². The van der Waals surface area contributed by atoms with Gasteiger partial charge in [-0.15, -0.1) is 0 Å². The Morgan fingerprint density at radius 1 is 0.925 bits per heavy atom. The van der Waals surface area contributed by atoms with Crippen molar-refractivity contribution in [2.45, 2.75) is 17.5 Å². The number of hydrogen-bond donors (Lipinski definition) is 1. The van der Waals surface area contributed by atoms with Gasteiger partial charge in [0.15, 0.2) is 5.78 Å². The van der Waals surface area contributed by atoms with E-state index in [9.17, 15) is 14.4 Å². The Labute approximate surface area is 231 Å². The lowest BCUT2D eigenvalue weighted by molar-refractivity contribution is -0.122. The molecule has 4 aromatic rings.